The summed E-state index contributed by atoms with van der Waals surface area (Å²) in [5.74, 6) is 0. The zero-order valence-electron chi connectivity index (χ0n) is 22.5. The maximum Gasteiger partial charge on any atom is 0.330 e. The molecule has 2 aliphatic heterocycles. The van der Waals surface area contributed by atoms with Gasteiger partial charge in [0.2, 0.25) is 0 Å². The first-order chi connectivity index (χ1) is 18.4. The summed E-state index contributed by atoms with van der Waals surface area (Å²) in [5, 5.41) is 9.74. The maximum absolute atomic E-state index is 13.2. The zero-order valence-corrected chi connectivity index (χ0v) is 22.5. The van der Waals surface area contributed by atoms with Crippen LogP contribution in [0.25, 0.3) is 33.2 Å². The summed E-state index contributed by atoms with van der Waals surface area (Å²) in [7, 11) is 1.77. The Labute approximate surface area is 222 Å². The fraction of sp³-hybridized carbons (Fsp3) is 0.517. The molecule has 4 aromatic rings. The number of nitrogens with zero attached hydrogens (tertiary/aromatic N) is 6. The van der Waals surface area contributed by atoms with Gasteiger partial charge >= 0.3 is 5.69 Å². The average Bonchev–Trinajstić information content (AvgIpc) is 3.42. The highest BCUT2D eigenvalue weighted by atomic mass is 16.5. The van der Waals surface area contributed by atoms with E-state index < -0.39 is 0 Å². The van der Waals surface area contributed by atoms with Crippen molar-refractivity contribution in [1.82, 2.24) is 29.2 Å². The summed E-state index contributed by atoms with van der Waals surface area (Å²) in [5.41, 5.74) is 5.53. The molecule has 9 nitrogen and oxygen atoms in total. The van der Waals surface area contributed by atoms with Crippen molar-refractivity contribution in [2.75, 3.05) is 39.5 Å². The predicted molar refractivity (Wildman–Crippen MR) is 147 cm³/mol. The third-order valence-corrected chi connectivity index (χ3v) is 8.04. The van der Waals surface area contributed by atoms with Gasteiger partial charge in [0.15, 0.2) is 5.65 Å². The lowest BCUT2D eigenvalue weighted by molar-refractivity contribution is 0.0697. The normalized spacial score (nSPS) is 18.6. The van der Waals surface area contributed by atoms with E-state index in [9.17, 15) is 4.79 Å². The highest BCUT2D eigenvalue weighted by Crippen LogP contribution is 2.31. The highest BCUT2D eigenvalue weighted by Gasteiger charge is 2.28. The molecule has 0 bridgehead atoms. The molecule has 0 N–H and O–H groups in total. The molecule has 200 valence electrons. The Balaban J connectivity index is 1.22. The monoisotopic (exact) mass is 516 g/mol. The quantitative estimate of drug-likeness (QED) is 0.344. The molecule has 0 aliphatic carbocycles. The van der Waals surface area contributed by atoms with Crippen LogP contribution in [-0.2, 0) is 23.1 Å². The van der Waals surface area contributed by atoms with Crippen LogP contribution in [0.2, 0.25) is 0 Å². The molecule has 2 fully saturated rings. The number of aryl methyl sites for hydroxylation is 1. The highest BCUT2D eigenvalue weighted by molar-refractivity contribution is 6.02. The van der Waals surface area contributed by atoms with E-state index in [1.165, 1.54) is 6.42 Å². The molecule has 0 radical (unpaired) electrons. The zero-order chi connectivity index (χ0) is 26.3. The standard InChI is InChI=1S/C29H36N6O3/c1-29(2)10-11-34(19-29)12-15-38-18-22-6-4-21(17-30-22)20-5-7-25-24(16-20)26-27(32-31-25)33(3)28(36)35(26)23-8-13-37-14-9-23/h4-7,16-17,23H,8-15,18-19H2,1-3H3. The molecular weight excluding hydrogens is 480 g/mol. The number of pyridine rings is 1. The molecule has 0 saturated carbocycles. The molecule has 0 atom stereocenters. The molecule has 9 heteroatoms. The summed E-state index contributed by atoms with van der Waals surface area (Å²) in [6, 6.07) is 10.3. The van der Waals surface area contributed by atoms with Gasteiger partial charge in [-0.3, -0.25) is 14.1 Å². The fourth-order valence-electron chi connectivity index (χ4n) is 5.82. The van der Waals surface area contributed by atoms with Gasteiger partial charge in [0, 0.05) is 56.5 Å². The number of likely N-dealkylation sites (tertiary alicyclic amines) is 1. The van der Waals surface area contributed by atoms with E-state index in [4.69, 9.17) is 9.47 Å². The summed E-state index contributed by atoms with van der Waals surface area (Å²) in [4.78, 5) is 20.4. The lowest BCUT2D eigenvalue weighted by Crippen LogP contribution is -2.29. The van der Waals surface area contributed by atoms with Crippen molar-refractivity contribution in [1.29, 1.82) is 0 Å². The molecule has 0 spiro atoms. The smallest absolute Gasteiger partial charge is 0.330 e. The molecule has 0 unspecified atom stereocenters. The van der Waals surface area contributed by atoms with Crippen molar-refractivity contribution in [3.8, 4) is 11.1 Å². The lowest BCUT2D eigenvalue weighted by Gasteiger charge is -2.23. The van der Waals surface area contributed by atoms with Crippen LogP contribution in [0.1, 0.15) is 44.8 Å². The number of aromatic nitrogens is 5. The lowest BCUT2D eigenvalue weighted by atomic mass is 9.93. The van der Waals surface area contributed by atoms with E-state index in [1.807, 2.05) is 29.0 Å². The fourth-order valence-corrected chi connectivity index (χ4v) is 5.82. The van der Waals surface area contributed by atoms with Crippen LogP contribution in [0.15, 0.2) is 41.3 Å². The van der Waals surface area contributed by atoms with Crippen molar-refractivity contribution in [3.05, 3.63) is 52.7 Å². The van der Waals surface area contributed by atoms with Gasteiger partial charge in [-0.2, -0.15) is 0 Å². The first kappa shape index (κ1) is 25.2. The van der Waals surface area contributed by atoms with Gasteiger partial charge in [0.1, 0.15) is 5.52 Å². The second kappa shape index (κ2) is 10.2. The van der Waals surface area contributed by atoms with Crippen LogP contribution in [0.5, 0.6) is 0 Å². The average molecular weight is 517 g/mol. The second-order valence-corrected chi connectivity index (χ2v) is 11.4. The van der Waals surface area contributed by atoms with E-state index >= 15 is 0 Å². The van der Waals surface area contributed by atoms with Crippen molar-refractivity contribution in [2.24, 2.45) is 12.5 Å². The number of hydrogen-bond acceptors (Lipinski definition) is 7. The van der Waals surface area contributed by atoms with Crippen LogP contribution >= 0.6 is 0 Å². The maximum atomic E-state index is 13.2. The van der Waals surface area contributed by atoms with Crippen LogP contribution in [-0.4, -0.2) is 68.7 Å². The molecule has 38 heavy (non-hydrogen) atoms. The number of hydrogen-bond donors (Lipinski definition) is 0. The minimum absolute atomic E-state index is 0.0569. The third-order valence-electron chi connectivity index (χ3n) is 8.04. The summed E-state index contributed by atoms with van der Waals surface area (Å²) < 4.78 is 15.0. The van der Waals surface area contributed by atoms with Gasteiger partial charge in [0.25, 0.3) is 0 Å². The van der Waals surface area contributed by atoms with Crippen LogP contribution in [0.4, 0.5) is 0 Å². The molecule has 0 amide bonds. The minimum atomic E-state index is -0.0569. The van der Waals surface area contributed by atoms with Crippen LogP contribution < -0.4 is 5.69 Å². The number of fused-ring (bicyclic) bond motifs is 3. The second-order valence-electron chi connectivity index (χ2n) is 11.4. The number of rotatable bonds is 7. The van der Waals surface area contributed by atoms with Gasteiger partial charge in [-0.1, -0.05) is 26.0 Å². The third kappa shape index (κ3) is 4.86. The summed E-state index contributed by atoms with van der Waals surface area (Å²) in [6.07, 6.45) is 4.77. The Morgan fingerprint density at radius 1 is 1.11 bits per heavy atom. The van der Waals surface area contributed by atoms with E-state index in [0.717, 1.165) is 65.7 Å². The Hall–Kier alpha value is -3.14. The van der Waals surface area contributed by atoms with E-state index in [1.54, 1.807) is 11.6 Å². The van der Waals surface area contributed by atoms with Crippen molar-refractivity contribution < 1.29 is 9.47 Å². The molecular formula is C29H36N6O3. The Morgan fingerprint density at radius 3 is 2.66 bits per heavy atom. The summed E-state index contributed by atoms with van der Waals surface area (Å²) in [6.45, 7) is 10.5. The topological polar surface area (TPSA) is 87.3 Å². The van der Waals surface area contributed by atoms with E-state index in [-0.39, 0.29) is 11.7 Å². The Kier molecular flexibility index (Phi) is 6.75. The molecule has 2 saturated heterocycles. The summed E-state index contributed by atoms with van der Waals surface area (Å²) >= 11 is 0. The molecule has 6 rings (SSSR count). The first-order valence-corrected chi connectivity index (χ1v) is 13.6. The molecule has 3 aromatic heterocycles. The van der Waals surface area contributed by atoms with Gasteiger partial charge in [-0.15, -0.1) is 10.2 Å². The number of benzene rings is 1. The van der Waals surface area contributed by atoms with Crippen LogP contribution in [0, 0.1) is 5.41 Å². The minimum Gasteiger partial charge on any atom is -0.381 e. The van der Waals surface area contributed by atoms with Gasteiger partial charge in [-0.25, -0.2) is 4.79 Å². The Bertz CT molecular complexity index is 1500. The van der Waals surface area contributed by atoms with Crippen molar-refractivity contribution in [2.45, 2.75) is 45.8 Å². The van der Waals surface area contributed by atoms with E-state index in [2.05, 4.69) is 46.1 Å². The SMILES string of the molecule is Cn1c(=O)n(C2CCOCC2)c2c3cc(-c4ccc(COCCN5CCC(C)(C)C5)nc4)ccc3nnc21. The molecule has 1 aromatic carbocycles. The van der Waals surface area contributed by atoms with E-state index in [0.29, 0.717) is 37.5 Å². The van der Waals surface area contributed by atoms with Gasteiger partial charge < -0.3 is 14.4 Å². The van der Waals surface area contributed by atoms with Gasteiger partial charge in [-0.05, 0) is 55.0 Å². The number of ether oxygens (including phenoxy) is 2. The molecule has 5 heterocycles. The predicted octanol–water partition coefficient (Wildman–Crippen LogP) is 3.95. The Morgan fingerprint density at radius 2 is 1.92 bits per heavy atom. The van der Waals surface area contributed by atoms with Gasteiger partial charge in [0.05, 0.1) is 24.4 Å². The van der Waals surface area contributed by atoms with Crippen LogP contribution in [0.3, 0.4) is 0 Å². The first-order valence-electron chi connectivity index (χ1n) is 13.6. The molecule has 2 aliphatic rings. The largest absolute Gasteiger partial charge is 0.381 e. The number of imidazole rings is 1. The van der Waals surface area contributed by atoms with Crippen molar-refractivity contribution >= 4 is 22.1 Å². The van der Waals surface area contributed by atoms with Crippen molar-refractivity contribution in [3.63, 3.8) is 0 Å².